The Morgan fingerprint density at radius 2 is 1.86 bits per heavy atom. The molecule has 0 amide bonds. The van der Waals surface area contributed by atoms with E-state index in [1.807, 2.05) is 0 Å². The summed E-state index contributed by atoms with van der Waals surface area (Å²) in [6.07, 6.45) is 3.98. The normalized spacial score (nSPS) is 35.5. The summed E-state index contributed by atoms with van der Waals surface area (Å²) < 4.78 is 10.9. The van der Waals surface area contributed by atoms with Gasteiger partial charge in [0, 0.05) is 0 Å². The molecule has 2 aliphatic rings. The average molecular weight is 298 g/mol. The molecule has 5 heteroatoms. The summed E-state index contributed by atoms with van der Waals surface area (Å²) in [5.74, 6) is -0.204. The third-order valence-electron chi connectivity index (χ3n) is 4.46. The van der Waals surface area contributed by atoms with Crippen molar-refractivity contribution in [3.63, 3.8) is 0 Å². The van der Waals surface area contributed by atoms with Crippen LogP contribution >= 0.6 is 0 Å². The summed E-state index contributed by atoms with van der Waals surface area (Å²) in [6.45, 7) is 5.40. The van der Waals surface area contributed by atoms with Crippen molar-refractivity contribution in [1.82, 2.24) is 0 Å². The van der Waals surface area contributed by atoms with Crippen molar-refractivity contribution in [2.45, 2.75) is 83.2 Å². The first-order valence-corrected chi connectivity index (χ1v) is 7.91. The quantitative estimate of drug-likeness (QED) is 0.580. The Morgan fingerprint density at radius 1 is 1.19 bits per heavy atom. The third-order valence-corrected chi connectivity index (χ3v) is 4.46. The van der Waals surface area contributed by atoms with Crippen molar-refractivity contribution in [3.05, 3.63) is 11.3 Å². The van der Waals surface area contributed by atoms with Gasteiger partial charge in [-0.15, -0.1) is 0 Å². The number of hydrogen-bond acceptors (Lipinski definition) is 5. The Hall–Kier alpha value is -1.07. The van der Waals surface area contributed by atoms with E-state index in [1.54, 1.807) is 6.92 Å². The van der Waals surface area contributed by atoms with Crippen LogP contribution in [0.3, 0.4) is 0 Å². The first-order valence-electron chi connectivity index (χ1n) is 7.91. The van der Waals surface area contributed by atoms with E-state index in [0.717, 1.165) is 12.8 Å². The highest BCUT2D eigenvalue weighted by Gasteiger charge is 2.53. The van der Waals surface area contributed by atoms with Crippen LogP contribution in [0.2, 0.25) is 0 Å². The first kappa shape index (κ1) is 16.3. The molecule has 2 aliphatic heterocycles. The molecule has 0 fully saturated rings. The maximum atomic E-state index is 11.7. The predicted octanol–water partition coefficient (Wildman–Crippen LogP) is 2.06. The van der Waals surface area contributed by atoms with Crippen LogP contribution in [0.15, 0.2) is 11.3 Å². The summed E-state index contributed by atoms with van der Waals surface area (Å²) in [4.78, 5) is 11.7. The molecule has 2 heterocycles. The number of carbonyl (C=O) groups excluding carboxylic acids is 1. The molecule has 0 aromatic heterocycles. The molecule has 0 radical (unpaired) electrons. The number of unbranched alkanes of at least 4 members (excludes halogenated alkanes) is 4. The summed E-state index contributed by atoms with van der Waals surface area (Å²) >= 11 is 0. The SMILES string of the molecule is CCCCCCC[C@H]1OC2=C(C(=O)O[C@@H]2C)[C@@H](O)[C@]1(C)O. The second-order valence-electron chi connectivity index (χ2n) is 6.26. The summed E-state index contributed by atoms with van der Waals surface area (Å²) in [7, 11) is 0. The van der Waals surface area contributed by atoms with Gasteiger partial charge < -0.3 is 19.7 Å². The van der Waals surface area contributed by atoms with Crippen LogP contribution in [-0.4, -0.2) is 40.1 Å². The van der Waals surface area contributed by atoms with Crippen LogP contribution < -0.4 is 0 Å². The van der Waals surface area contributed by atoms with E-state index in [0.29, 0.717) is 12.2 Å². The van der Waals surface area contributed by atoms with Crippen molar-refractivity contribution in [2.75, 3.05) is 0 Å². The Bertz CT molecular complexity index is 426. The monoisotopic (exact) mass is 298 g/mol. The topological polar surface area (TPSA) is 76.0 Å². The number of aliphatic hydroxyl groups is 2. The largest absolute Gasteiger partial charge is 0.487 e. The Morgan fingerprint density at radius 3 is 2.52 bits per heavy atom. The van der Waals surface area contributed by atoms with E-state index >= 15 is 0 Å². The highest BCUT2D eigenvalue weighted by Crippen LogP contribution is 2.40. The lowest BCUT2D eigenvalue weighted by Crippen LogP contribution is -2.55. The number of cyclic esters (lactones) is 1. The molecule has 0 saturated heterocycles. The summed E-state index contributed by atoms with van der Waals surface area (Å²) in [5.41, 5.74) is -1.39. The number of aliphatic hydroxyl groups excluding tert-OH is 1. The van der Waals surface area contributed by atoms with Crippen LogP contribution in [0.5, 0.6) is 0 Å². The van der Waals surface area contributed by atoms with Crippen LogP contribution in [0.25, 0.3) is 0 Å². The molecule has 0 unspecified atom stereocenters. The molecular weight excluding hydrogens is 272 g/mol. The molecule has 0 spiro atoms. The first-order chi connectivity index (χ1) is 9.89. The maximum Gasteiger partial charge on any atom is 0.341 e. The average Bonchev–Trinajstić information content (AvgIpc) is 2.69. The van der Waals surface area contributed by atoms with E-state index in [2.05, 4.69) is 6.92 Å². The van der Waals surface area contributed by atoms with Gasteiger partial charge in [-0.3, -0.25) is 0 Å². The highest BCUT2D eigenvalue weighted by atomic mass is 16.6. The van der Waals surface area contributed by atoms with E-state index in [4.69, 9.17) is 9.47 Å². The number of rotatable bonds is 6. The van der Waals surface area contributed by atoms with Crippen molar-refractivity contribution >= 4 is 5.97 Å². The number of hydrogen-bond donors (Lipinski definition) is 2. The number of carbonyl (C=O) groups is 1. The van der Waals surface area contributed by atoms with Gasteiger partial charge in [0.15, 0.2) is 11.9 Å². The van der Waals surface area contributed by atoms with Gasteiger partial charge in [0.2, 0.25) is 0 Å². The van der Waals surface area contributed by atoms with Crippen molar-refractivity contribution in [3.8, 4) is 0 Å². The van der Waals surface area contributed by atoms with E-state index in [9.17, 15) is 15.0 Å². The van der Waals surface area contributed by atoms with Gasteiger partial charge in [-0.25, -0.2) is 4.79 Å². The maximum absolute atomic E-state index is 11.7. The zero-order valence-electron chi connectivity index (χ0n) is 13.1. The molecule has 0 aromatic carbocycles. The second-order valence-corrected chi connectivity index (χ2v) is 6.26. The summed E-state index contributed by atoms with van der Waals surface area (Å²) in [5, 5.41) is 20.9. The van der Waals surface area contributed by atoms with Gasteiger partial charge in [-0.2, -0.15) is 0 Å². The fourth-order valence-corrected chi connectivity index (χ4v) is 3.03. The molecule has 0 aromatic rings. The standard InChI is InChI=1S/C16H26O5/c1-4-5-6-7-8-9-11-16(3,19)14(17)12-13(21-11)10(2)20-15(12)18/h10-11,14,17,19H,4-9H2,1-3H3/t10-,11-,14-,16-/m1/s1. The van der Waals surface area contributed by atoms with Crippen molar-refractivity contribution in [2.24, 2.45) is 0 Å². The molecule has 5 nitrogen and oxygen atoms in total. The Kier molecular flexibility index (Phi) is 4.94. The van der Waals surface area contributed by atoms with Gasteiger partial charge in [0.25, 0.3) is 0 Å². The van der Waals surface area contributed by atoms with Crippen LogP contribution in [-0.2, 0) is 14.3 Å². The van der Waals surface area contributed by atoms with Crippen LogP contribution in [0.1, 0.15) is 59.3 Å². The molecule has 21 heavy (non-hydrogen) atoms. The molecule has 0 bridgehead atoms. The lowest BCUT2D eigenvalue weighted by molar-refractivity contribution is -0.153. The molecule has 0 saturated carbocycles. The second kappa shape index (κ2) is 6.36. The van der Waals surface area contributed by atoms with E-state index in [1.165, 1.54) is 26.2 Å². The minimum Gasteiger partial charge on any atom is -0.487 e. The molecule has 2 rings (SSSR count). The zero-order valence-corrected chi connectivity index (χ0v) is 13.1. The fraction of sp³-hybridized carbons (Fsp3) is 0.812. The van der Waals surface area contributed by atoms with Crippen molar-refractivity contribution < 1.29 is 24.5 Å². The van der Waals surface area contributed by atoms with Crippen LogP contribution in [0.4, 0.5) is 0 Å². The van der Waals surface area contributed by atoms with Gasteiger partial charge in [0.05, 0.1) is 0 Å². The molecule has 2 N–H and O–H groups in total. The number of esters is 1. The van der Waals surface area contributed by atoms with Gasteiger partial charge in [0.1, 0.15) is 23.4 Å². The Balaban J connectivity index is 2.03. The minimum atomic E-state index is -1.47. The van der Waals surface area contributed by atoms with Crippen LogP contribution in [0, 0.1) is 0 Å². The van der Waals surface area contributed by atoms with Gasteiger partial charge in [-0.05, 0) is 26.7 Å². The fourth-order valence-electron chi connectivity index (χ4n) is 3.03. The molecule has 0 aliphatic carbocycles. The minimum absolute atomic E-state index is 0.0785. The van der Waals surface area contributed by atoms with Crippen molar-refractivity contribution in [1.29, 1.82) is 0 Å². The smallest absolute Gasteiger partial charge is 0.341 e. The van der Waals surface area contributed by atoms with Gasteiger partial charge >= 0.3 is 5.97 Å². The number of ether oxygens (including phenoxy) is 2. The van der Waals surface area contributed by atoms with E-state index < -0.39 is 29.9 Å². The van der Waals surface area contributed by atoms with Gasteiger partial charge in [-0.1, -0.05) is 32.6 Å². The zero-order chi connectivity index (χ0) is 15.6. The third kappa shape index (κ3) is 3.09. The van der Waals surface area contributed by atoms with E-state index in [-0.39, 0.29) is 5.57 Å². The molecule has 4 atom stereocenters. The molecular formula is C16H26O5. The summed E-state index contributed by atoms with van der Waals surface area (Å²) in [6, 6.07) is 0. The lowest BCUT2D eigenvalue weighted by atomic mass is 9.82. The molecule has 120 valence electrons. The Labute approximate surface area is 125 Å². The highest BCUT2D eigenvalue weighted by molar-refractivity contribution is 5.93. The predicted molar refractivity (Wildman–Crippen MR) is 77.5 cm³/mol. The lowest BCUT2D eigenvalue weighted by Gasteiger charge is -2.41.